The second kappa shape index (κ2) is 8.52. The van der Waals surface area contributed by atoms with Gasteiger partial charge >= 0.3 is 5.63 Å². The first-order valence-electron chi connectivity index (χ1n) is 9.85. The summed E-state index contributed by atoms with van der Waals surface area (Å²) in [6.07, 6.45) is 4.69. The number of rotatable bonds is 7. The fourth-order valence-electron chi connectivity index (χ4n) is 3.10. The maximum absolute atomic E-state index is 12.6. The van der Waals surface area contributed by atoms with E-state index in [1.54, 1.807) is 6.08 Å². The summed E-state index contributed by atoms with van der Waals surface area (Å²) in [5.74, 6) is 0.734. The van der Waals surface area contributed by atoms with E-state index in [-0.39, 0.29) is 5.63 Å². The predicted molar refractivity (Wildman–Crippen MR) is 120 cm³/mol. The first-order valence-corrected chi connectivity index (χ1v) is 9.85. The van der Waals surface area contributed by atoms with E-state index in [1.807, 2.05) is 56.3 Å². The maximum Gasteiger partial charge on any atom is 0.340 e. The summed E-state index contributed by atoms with van der Waals surface area (Å²) in [4.78, 5) is 12.6. The molecule has 0 unspecified atom stereocenters. The molecule has 0 saturated heterocycles. The van der Waals surface area contributed by atoms with Crippen LogP contribution in [0, 0.1) is 0 Å². The van der Waals surface area contributed by atoms with E-state index in [0.717, 1.165) is 28.7 Å². The van der Waals surface area contributed by atoms with Gasteiger partial charge in [0, 0.05) is 22.4 Å². The van der Waals surface area contributed by atoms with Gasteiger partial charge in [-0.2, -0.15) is 0 Å². The van der Waals surface area contributed by atoms with Crippen molar-refractivity contribution in [2.45, 2.75) is 46.1 Å². The van der Waals surface area contributed by atoms with E-state index in [1.165, 1.54) is 5.57 Å². The third kappa shape index (κ3) is 4.86. The van der Waals surface area contributed by atoms with Crippen LogP contribution in [-0.4, -0.2) is 0 Å². The Balaban J connectivity index is 2.07. The minimum Gasteiger partial charge on any atom is -0.488 e. The van der Waals surface area contributed by atoms with E-state index < -0.39 is 5.41 Å². The van der Waals surface area contributed by atoms with Crippen molar-refractivity contribution >= 4 is 11.0 Å². The summed E-state index contributed by atoms with van der Waals surface area (Å²) < 4.78 is 11.8. The van der Waals surface area contributed by atoms with Crippen molar-refractivity contribution in [1.29, 1.82) is 0 Å². The van der Waals surface area contributed by atoms with E-state index in [4.69, 9.17) is 9.15 Å². The molecule has 0 amide bonds. The van der Waals surface area contributed by atoms with Crippen LogP contribution in [0.3, 0.4) is 0 Å². The lowest BCUT2D eigenvalue weighted by molar-refractivity contribution is 0.303. The molecule has 0 aliphatic rings. The Hall–Kier alpha value is -3.07. The number of allylic oxidation sites excluding steroid dienone is 3. The molecule has 0 saturated carbocycles. The van der Waals surface area contributed by atoms with Gasteiger partial charge in [-0.25, -0.2) is 4.79 Å². The normalized spacial score (nSPS) is 11.3. The van der Waals surface area contributed by atoms with Crippen molar-refractivity contribution in [2.24, 2.45) is 0 Å². The van der Waals surface area contributed by atoms with Crippen molar-refractivity contribution in [1.82, 2.24) is 0 Å². The Labute approximate surface area is 172 Å². The molecule has 3 rings (SSSR count). The van der Waals surface area contributed by atoms with E-state index in [2.05, 4.69) is 32.6 Å². The van der Waals surface area contributed by atoms with Crippen LogP contribution < -0.4 is 10.4 Å². The molecular formula is C26H28O3. The quantitative estimate of drug-likeness (QED) is 0.350. The molecule has 29 heavy (non-hydrogen) atoms. The molecule has 0 aliphatic heterocycles. The van der Waals surface area contributed by atoms with Crippen LogP contribution in [0.4, 0.5) is 0 Å². The van der Waals surface area contributed by atoms with Crippen LogP contribution in [-0.2, 0) is 18.4 Å². The monoisotopic (exact) mass is 388 g/mol. The zero-order valence-electron chi connectivity index (χ0n) is 17.6. The average Bonchev–Trinajstić information content (AvgIpc) is 2.70. The van der Waals surface area contributed by atoms with Gasteiger partial charge in [-0.1, -0.05) is 61.9 Å². The zero-order valence-corrected chi connectivity index (χ0v) is 17.6. The lowest BCUT2D eigenvalue weighted by Crippen LogP contribution is -2.22. The molecule has 3 nitrogen and oxygen atoms in total. The molecule has 0 spiro atoms. The third-order valence-corrected chi connectivity index (χ3v) is 5.09. The molecule has 3 aromatic rings. The highest BCUT2D eigenvalue weighted by Crippen LogP contribution is 2.30. The van der Waals surface area contributed by atoms with Gasteiger partial charge in [0.2, 0.25) is 0 Å². The Morgan fingerprint density at radius 3 is 2.52 bits per heavy atom. The van der Waals surface area contributed by atoms with Gasteiger partial charge < -0.3 is 9.15 Å². The minimum atomic E-state index is -0.461. The van der Waals surface area contributed by atoms with Gasteiger partial charge in [0.1, 0.15) is 17.9 Å². The molecule has 3 heteroatoms. The van der Waals surface area contributed by atoms with Crippen LogP contribution in [0.25, 0.3) is 11.0 Å². The fourth-order valence-corrected chi connectivity index (χ4v) is 3.10. The first kappa shape index (κ1) is 20.7. The standard InChI is InChI=1S/C26H28O3/c1-6-26(4,5)22-15-21-14-20(13-12-18(2)3)23(16-24(21)29-25(22)27)28-17-19-10-8-7-9-11-19/h6-12,14-16H,1,13,17H2,2-5H3. The van der Waals surface area contributed by atoms with E-state index in [0.29, 0.717) is 17.8 Å². The number of hydrogen-bond acceptors (Lipinski definition) is 3. The van der Waals surface area contributed by atoms with Crippen molar-refractivity contribution in [3.05, 3.63) is 99.9 Å². The third-order valence-electron chi connectivity index (χ3n) is 5.09. The molecule has 1 heterocycles. The molecule has 2 aromatic carbocycles. The summed E-state index contributed by atoms with van der Waals surface area (Å²) in [5.41, 5.74) is 3.72. The first-order chi connectivity index (χ1) is 13.8. The molecule has 0 atom stereocenters. The maximum atomic E-state index is 12.6. The van der Waals surface area contributed by atoms with Crippen LogP contribution in [0.5, 0.6) is 5.75 Å². The fraction of sp³-hybridized carbons (Fsp3) is 0.269. The van der Waals surface area contributed by atoms with E-state index in [9.17, 15) is 4.79 Å². The van der Waals surface area contributed by atoms with Gasteiger partial charge in [0.15, 0.2) is 0 Å². The molecule has 0 N–H and O–H groups in total. The van der Waals surface area contributed by atoms with Crippen molar-refractivity contribution < 1.29 is 9.15 Å². The van der Waals surface area contributed by atoms with Gasteiger partial charge in [0.05, 0.1) is 0 Å². The second-order valence-corrected chi connectivity index (χ2v) is 8.13. The SMILES string of the molecule is C=CC(C)(C)c1cc2cc(CC=C(C)C)c(OCc3ccccc3)cc2oc1=O. The van der Waals surface area contributed by atoms with Crippen LogP contribution in [0.2, 0.25) is 0 Å². The van der Waals surface area contributed by atoms with Gasteiger partial charge in [-0.15, -0.1) is 6.58 Å². The Kier molecular flexibility index (Phi) is 6.07. The van der Waals surface area contributed by atoms with Crippen LogP contribution >= 0.6 is 0 Å². The topological polar surface area (TPSA) is 39.4 Å². The van der Waals surface area contributed by atoms with Crippen molar-refractivity contribution in [3.8, 4) is 5.75 Å². The number of ether oxygens (including phenoxy) is 1. The van der Waals surface area contributed by atoms with E-state index >= 15 is 0 Å². The van der Waals surface area contributed by atoms with Crippen LogP contribution in [0.15, 0.2) is 82.0 Å². The highest BCUT2D eigenvalue weighted by molar-refractivity contribution is 5.80. The molecule has 0 aliphatic carbocycles. The van der Waals surface area contributed by atoms with Gasteiger partial charge in [-0.05, 0) is 43.5 Å². The number of hydrogen-bond donors (Lipinski definition) is 0. The highest BCUT2D eigenvalue weighted by atomic mass is 16.5. The summed E-state index contributed by atoms with van der Waals surface area (Å²) >= 11 is 0. The predicted octanol–water partition coefficient (Wildman–Crippen LogP) is 6.34. The lowest BCUT2D eigenvalue weighted by Gasteiger charge is -2.19. The molecule has 0 radical (unpaired) electrons. The highest BCUT2D eigenvalue weighted by Gasteiger charge is 2.22. The average molecular weight is 389 g/mol. The lowest BCUT2D eigenvalue weighted by atomic mass is 9.85. The summed E-state index contributed by atoms with van der Waals surface area (Å²) in [6.45, 7) is 12.4. The molecule has 150 valence electrons. The molecule has 0 bridgehead atoms. The smallest absolute Gasteiger partial charge is 0.340 e. The largest absolute Gasteiger partial charge is 0.488 e. The minimum absolute atomic E-state index is 0.339. The summed E-state index contributed by atoms with van der Waals surface area (Å²) in [5, 5.41) is 0.888. The second-order valence-electron chi connectivity index (χ2n) is 8.13. The van der Waals surface area contributed by atoms with Crippen LogP contribution in [0.1, 0.15) is 44.4 Å². The van der Waals surface area contributed by atoms with Crippen molar-refractivity contribution in [2.75, 3.05) is 0 Å². The summed E-state index contributed by atoms with van der Waals surface area (Å²) in [7, 11) is 0. The molecule has 1 aromatic heterocycles. The summed E-state index contributed by atoms with van der Waals surface area (Å²) in [6, 6.07) is 15.8. The van der Waals surface area contributed by atoms with Gasteiger partial charge in [-0.3, -0.25) is 0 Å². The van der Waals surface area contributed by atoms with Gasteiger partial charge in [0.25, 0.3) is 0 Å². The Bertz CT molecular complexity index is 1100. The number of fused-ring (bicyclic) bond motifs is 1. The zero-order chi connectivity index (χ0) is 21.0. The van der Waals surface area contributed by atoms with Crippen molar-refractivity contribution in [3.63, 3.8) is 0 Å². The Morgan fingerprint density at radius 1 is 1.14 bits per heavy atom. The number of benzene rings is 2. The Morgan fingerprint density at radius 2 is 1.86 bits per heavy atom. The molecule has 0 fully saturated rings. The molecular weight excluding hydrogens is 360 g/mol.